The standard InChI is InChI=1S/C31H34F3N7O.H2S/c1-19(23-4-3-5-24-29(31(42)35-2)25(32)16-38-30(23)24)14-37-28-13-26(39-18-40-28)21-6-7-22(36-15-21)12-20-8-10-41(11-9-20)17-27(33)34;/h3-7,13,15-16,18-20,27H,8-12,14,17H2,1-2H3,(H,35,42)(H,37,39,40);1H2/t19-;/m1./s1. The molecule has 5 rings (SSSR count). The topological polar surface area (TPSA) is 95.9 Å². The Morgan fingerprint density at radius 2 is 1.86 bits per heavy atom. The summed E-state index contributed by atoms with van der Waals surface area (Å²) in [6.07, 6.45) is 4.74. The number of hydrogen-bond donors (Lipinski definition) is 2. The minimum absolute atomic E-state index is 0. The molecule has 0 unspecified atom stereocenters. The number of anilines is 1. The number of piperidine rings is 1. The fourth-order valence-corrected chi connectivity index (χ4v) is 5.52. The van der Waals surface area contributed by atoms with Crippen molar-refractivity contribution in [3.8, 4) is 11.3 Å². The van der Waals surface area contributed by atoms with Gasteiger partial charge in [0.25, 0.3) is 12.3 Å². The zero-order chi connectivity index (χ0) is 29.6. The summed E-state index contributed by atoms with van der Waals surface area (Å²) in [6, 6.07) is 11.3. The third kappa shape index (κ3) is 7.80. The first-order chi connectivity index (χ1) is 20.3. The molecule has 1 aromatic carbocycles. The number of alkyl halides is 2. The van der Waals surface area contributed by atoms with Gasteiger partial charge in [0.15, 0.2) is 5.82 Å². The minimum atomic E-state index is -2.28. The Labute approximate surface area is 256 Å². The number of aromatic nitrogens is 4. The second-order valence-electron chi connectivity index (χ2n) is 10.8. The van der Waals surface area contributed by atoms with Crippen LogP contribution in [0.5, 0.6) is 0 Å². The molecule has 1 aliphatic rings. The van der Waals surface area contributed by atoms with E-state index >= 15 is 0 Å². The Kier molecular flexibility index (Phi) is 10.9. The van der Waals surface area contributed by atoms with Crippen LogP contribution < -0.4 is 10.6 Å². The van der Waals surface area contributed by atoms with E-state index in [4.69, 9.17) is 0 Å². The fourth-order valence-electron chi connectivity index (χ4n) is 5.52. The zero-order valence-corrected chi connectivity index (χ0v) is 25.2. The Balaban J connectivity index is 0.00000423. The minimum Gasteiger partial charge on any atom is -0.369 e. The predicted octanol–water partition coefficient (Wildman–Crippen LogP) is 5.43. The van der Waals surface area contributed by atoms with Gasteiger partial charge in [0.05, 0.1) is 29.5 Å². The average molecular weight is 612 g/mol. The van der Waals surface area contributed by atoms with Crippen LogP contribution in [0.4, 0.5) is 19.0 Å². The first-order valence-electron chi connectivity index (χ1n) is 14.1. The number of fused-ring (bicyclic) bond motifs is 1. The van der Waals surface area contributed by atoms with E-state index in [1.807, 2.05) is 36.1 Å². The van der Waals surface area contributed by atoms with Crippen LogP contribution >= 0.6 is 13.5 Å². The smallest absolute Gasteiger partial charge is 0.254 e. The molecule has 0 aliphatic carbocycles. The van der Waals surface area contributed by atoms with E-state index in [9.17, 15) is 18.0 Å². The molecule has 43 heavy (non-hydrogen) atoms. The highest BCUT2D eigenvalue weighted by atomic mass is 32.1. The highest BCUT2D eigenvalue weighted by Crippen LogP contribution is 2.28. The van der Waals surface area contributed by atoms with Crippen molar-refractivity contribution in [2.45, 2.75) is 38.5 Å². The van der Waals surface area contributed by atoms with Gasteiger partial charge in [-0.1, -0.05) is 25.1 Å². The summed E-state index contributed by atoms with van der Waals surface area (Å²) in [5.41, 5.74) is 4.04. The van der Waals surface area contributed by atoms with Crippen molar-refractivity contribution in [2.75, 3.05) is 38.5 Å². The van der Waals surface area contributed by atoms with Crippen LogP contribution in [-0.4, -0.2) is 70.4 Å². The first kappa shape index (κ1) is 32.2. The first-order valence-corrected chi connectivity index (χ1v) is 14.1. The second kappa shape index (κ2) is 14.6. The Morgan fingerprint density at radius 1 is 1.07 bits per heavy atom. The number of nitrogens with one attached hydrogen (secondary N) is 2. The molecule has 0 bridgehead atoms. The third-order valence-electron chi connectivity index (χ3n) is 7.85. The van der Waals surface area contributed by atoms with Crippen LogP contribution in [0.1, 0.15) is 47.3 Å². The summed E-state index contributed by atoms with van der Waals surface area (Å²) >= 11 is 0. The average Bonchev–Trinajstić information content (AvgIpc) is 3.00. The van der Waals surface area contributed by atoms with Gasteiger partial charge in [-0.05, 0) is 56.0 Å². The van der Waals surface area contributed by atoms with Crippen LogP contribution in [-0.2, 0) is 6.42 Å². The van der Waals surface area contributed by atoms with Crippen molar-refractivity contribution in [3.63, 3.8) is 0 Å². The third-order valence-corrected chi connectivity index (χ3v) is 7.85. The molecule has 0 radical (unpaired) electrons. The lowest BCUT2D eigenvalue weighted by Gasteiger charge is -2.31. The van der Waals surface area contributed by atoms with Gasteiger partial charge in [0.2, 0.25) is 0 Å². The van der Waals surface area contributed by atoms with Crippen LogP contribution in [0.15, 0.2) is 55.1 Å². The quantitative estimate of drug-likeness (QED) is 0.247. The van der Waals surface area contributed by atoms with Gasteiger partial charge in [-0.2, -0.15) is 13.5 Å². The van der Waals surface area contributed by atoms with Gasteiger partial charge in [0.1, 0.15) is 12.1 Å². The van der Waals surface area contributed by atoms with Crippen molar-refractivity contribution >= 4 is 36.1 Å². The van der Waals surface area contributed by atoms with E-state index in [0.717, 1.165) is 48.0 Å². The van der Waals surface area contributed by atoms with Crippen LogP contribution in [0.3, 0.4) is 0 Å². The van der Waals surface area contributed by atoms with Crippen LogP contribution in [0, 0.1) is 11.7 Å². The molecule has 12 heteroatoms. The summed E-state index contributed by atoms with van der Waals surface area (Å²) in [4.78, 5) is 31.9. The molecule has 0 saturated carbocycles. The van der Waals surface area contributed by atoms with Crippen LogP contribution in [0.2, 0.25) is 0 Å². The lowest BCUT2D eigenvalue weighted by Crippen LogP contribution is -2.37. The number of hydrogen-bond acceptors (Lipinski definition) is 7. The molecule has 2 N–H and O–H groups in total. The van der Waals surface area contributed by atoms with Crippen molar-refractivity contribution < 1.29 is 18.0 Å². The molecule has 1 aliphatic heterocycles. The highest BCUT2D eigenvalue weighted by Gasteiger charge is 2.22. The summed E-state index contributed by atoms with van der Waals surface area (Å²) in [7, 11) is 1.47. The maximum atomic E-state index is 14.4. The van der Waals surface area contributed by atoms with Gasteiger partial charge < -0.3 is 10.6 Å². The number of carbonyl (C=O) groups is 1. The molecule has 1 fully saturated rings. The molecule has 3 aromatic heterocycles. The Morgan fingerprint density at radius 3 is 2.56 bits per heavy atom. The van der Waals surface area contributed by atoms with Gasteiger partial charge in [-0.15, -0.1) is 0 Å². The fraction of sp³-hybridized carbons (Fsp3) is 0.387. The van der Waals surface area contributed by atoms with Crippen molar-refractivity contribution in [3.05, 3.63) is 77.8 Å². The molecule has 0 spiro atoms. The summed E-state index contributed by atoms with van der Waals surface area (Å²) in [5, 5.41) is 6.32. The highest BCUT2D eigenvalue weighted by molar-refractivity contribution is 7.59. The van der Waals surface area contributed by atoms with E-state index in [-0.39, 0.29) is 31.5 Å². The number of likely N-dealkylation sites (tertiary alicyclic amines) is 1. The van der Waals surface area contributed by atoms with Crippen LogP contribution in [0.25, 0.3) is 22.2 Å². The molecule has 4 heterocycles. The number of pyridine rings is 2. The zero-order valence-electron chi connectivity index (χ0n) is 24.2. The van der Waals surface area contributed by atoms with E-state index in [2.05, 4.69) is 30.6 Å². The monoisotopic (exact) mass is 611 g/mol. The molecule has 8 nitrogen and oxygen atoms in total. The number of carbonyl (C=O) groups excluding carboxylic acids is 1. The number of para-hydroxylation sites is 1. The maximum Gasteiger partial charge on any atom is 0.254 e. The largest absolute Gasteiger partial charge is 0.369 e. The summed E-state index contributed by atoms with van der Waals surface area (Å²) in [6.45, 7) is 3.82. The number of amides is 1. The number of benzene rings is 1. The van der Waals surface area contributed by atoms with Gasteiger partial charge >= 0.3 is 0 Å². The molecule has 228 valence electrons. The van der Waals surface area contributed by atoms with E-state index in [1.54, 1.807) is 18.3 Å². The lowest BCUT2D eigenvalue weighted by molar-refractivity contribution is 0.0690. The van der Waals surface area contributed by atoms with Crippen molar-refractivity contribution in [1.82, 2.24) is 30.2 Å². The lowest BCUT2D eigenvalue weighted by atomic mass is 9.92. The van der Waals surface area contributed by atoms with Crippen molar-refractivity contribution in [1.29, 1.82) is 0 Å². The summed E-state index contributed by atoms with van der Waals surface area (Å²) < 4.78 is 39.7. The van der Waals surface area contributed by atoms with E-state index in [1.165, 1.54) is 13.4 Å². The molecule has 4 aromatic rings. The number of halogens is 3. The maximum absolute atomic E-state index is 14.4. The van der Waals surface area contributed by atoms with Crippen molar-refractivity contribution in [2.24, 2.45) is 5.92 Å². The van der Waals surface area contributed by atoms with E-state index < -0.39 is 18.1 Å². The molecule has 1 amide bonds. The molecule has 1 saturated heterocycles. The number of rotatable bonds is 10. The van der Waals surface area contributed by atoms with E-state index in [0.29, 0.717) is 42.3 Å². The Hall–Kier alpha value is -3.77. The molecule has 1 atom stereocenters. The normalized spacial score (nSPS) is 14.8. The predicted molar refractivity (Wildman–Crippen MR) is 167 cm³/mol. The number of nitrogens with zero attached hydrogens (tertiary/aromatic N) is 5. The summed E-state index contributed by atoms with van der Waals surface area (Å²) in [5.74, 6) is -0.0800. The second-order valence-corrected chi connectivity index (χ2v) is 10.8. The van der Waals surface area contributed by atoms with Gasteiger partial charge in [0, 0.05) is 48.4 Å². The molecular formula is C31H36F3N7OS. The Bertz CT molecular complexity index is 1530. The SMILES string of the molecule is CNC(=O)c1c(F)cnc2c([C@H](C)CNc3cc(-c4ccc(CC5CCN(CC(F)F)CC5)nc4)ncn3)cccc12.S. The van der Waals surface area contributed by atoms with Gasteiger partial charge in [-0.25, -0.2) is 23.1 Å². The van der Waals surface area contributed by atoms with Gasteiger partial charge in [-0.3, -0.25) is 19.7 Å². The molecular weight excluding hydrogens is 575 g/mol.